The second-order valence-corrected chi connectivity index (χ2v) is 5.98. The summed E-state index contributed by atoms with van der Waals surface area (Å²) in [4.78, 5) is 25.8. The van der Waals surface area contributed by atoms with Crippen molar-refractivity contribution >= 4 is 32.9 Å². The molecule has 0 unspecified atom stereocenters. The minimum absolute atomic E-state index is 0.176. The van der Waals surface area contributed by atoms with Crippen molar-refractivity contribution in [2.45, 2.75) is 6.92 Å². The quantitative estimate of drug-likeness (QED) is 0.568. The summed E-state index contributed by atoms with van der Waals surface area (Å²) in [6, 6.07) is 20.6. The molecular formula is C21H16N2O2. The highest BCUT2D eigenvalue weighted by Crippen LogP contribution is 2.21. The maximum absolute atomic E-state index is 12.9. The Kier molecular flexibility index (Phi) is 3.58. The molecule has 0 aromatic heterocycles. The van der Waals surface area contributed by atoms with Crippen LogP contribution in [-0.4, -0.2) is 0 Å². The van der Waals surface area contributed by atoms with Crippen molar-refractivity contribution in [2.75, 3.05) is 5.43 Å². The third-order valence-corrected chi connectivity index (χ3v) is 4.39. The predicted molar refractivity (Wildman–Crippen MR) is 103 cm³/mol. The van der Waals surface area contributed by atoms with Gasteiger partial charge in [-0.15, -0.1) is 0 Å². The fourth-order valence-electron chi connectivity index (χ4n) is 3.18. The highest BCUT2D eigenvalue weighted by atomic mass is 16.1. The first-order chi connectivity index (χ1) is 12.2. The average molecular weight is 328 g/mol. The second-order valence-electron chi connectivity index (χ2n) is 5.98. The lowest BCUT2D eigenvalue weighted by Crippen LogP contribution is -2.43. The van der Waals surface area contributed by atoms with E-state index in [-0.39, 0.29) is 16.1 Å². The maximum Gasteiger partial charge on any atom is 0.199 e. The van der Waals surface area contributed by atoms with Gasteiger partial charge in [0.15, 0.2) is 10.9 Å². The van der Waals surface area contributed by atoms with Crippen LogP contribution in [0.15, 0.2) is 76.3 Å². The Labute approximate surface area is 143 Å². The summed E-state index contributed by atoms with van der Waals surface area (Å²) >= 11 is 0. The van der Waals surface area contributed by atoms with Crippen molar-refractivity contribution in [2.24, 2.45) is 0 Å². The molecule has 0 aliphatic heterocycles. The minimum Gasteiger partial charge on any atom is -0.304 e. The lowest BCUT2D eigenvalue weighted by atomic mass is 9.98. The molecule has 122 valence electrons. The van der Waals surface area contributed by atoms with Crippen LogP contribution in [0, 0.1) is 0 Å². The Morgan fingerprint density at radius 1 is 0.760 bits per heavy atom. The molecule has 0 amide bonds. The van der Waals surface area contributed by atoms with Crippen LogP contribution in [0.3, 0.4) is 0 Å². The molecule has 4 heteroatoms. The van der Waals surface area contributed by atoms with Crippen LogP contribution in [0.1, 0.15) is 6.92 Å². The van der Waals surface area contributed by atoms with E-state index < -0.39 is 0 Å². The summed E-state index contributed by atoms with van der Waals surface area (Å²) in [5.41, 5.74) is 6.87. The SMILES string of the molecule is CC(NNc1ccccc1)=c1c(=O)c2cccc3cccc(c1=O)c32. The fourth-order valence-corrected chi connectivity index (χ4v) is 3.18. The zero-order chi connectivity index (χ0) is 17.4. The number of anilines is 1. The van der Waals surface area contributed by atoms with E-state index in [2.05, 4.69) is 10.9 Å². The van der Waals surface area contributed by atoms with Crippen molar-refractivity contribution in [3.8, 4) is 0 Å². The van der Waals surface area contributed by atoms with Gasteiger partial charge in [0.05, 0.1) is 10.9 Å². The molecule has 4 aromatic carbocycles. The van der Waals surface area contributed by atoms with Crippen molar-refractivity contribution in [1.29, 1.82) is 0 Å². The van der Waals surface area contributed by atoms with Crippen molar-refractivity contribution in [3.63, 3.8) is 0 Å². The summed E-state index contributed by atoms with van der Waals surface area (Å²) < 4.78 is 0. The zero-order valence-corrected chi connectivity index (χ0v) is 13.7. The number of benzene rings is 4. The smallest absolute Gasteiger partial charge is 0.199 e. The molecule has 0 spiro atoms. The van der Waals surface area contributed by atoms with Gasteiger partial charge in [-0.05, 0) is 24.4 Å². The third kappa shape index (κ3) is 2.48. The molecule has 0 heterocycles. The first-order valence-electron chi connectivity index (χ1n) is 8.06. The number of hydrogen-bond donors (Lipinski definition) is 2. The van der Waals surface area contributed by atoms with E-state index in [1.54, 1.807) is 19.1 Å². The molecular weight excluding hydrogens is 312 g/mol. The highest BCUT2D eigenvalue weighted by Gasteiger charge is 2.12. The molecule has 2 N–H and O–H groups in total. The maximum atomic E-state index is 12.9. The number of para-hydroxylation sites is 1. The van der Waals surface area contributed by atoms with Crippen LogP contribution in [-0.2, 0) is 0 Å². The molecule has 4 rings (SSSR count). The van der Waals surface area contributed by atoms with E-state index in [1.165, 1.54) is 0 Å². The second kappa shape index (κ2) is 5.91. The molecule has 0 aliphatic rings. The number of hydrazine groups is 1. The molecule has 0 fully saturated rings. The van der Waals surface area contributed by atoms with Crippen molar-refractivity contribution in [3.05, 3.63) is 92.4 Å². The molecule has 0 saturated heterocycles. The molecule has 0 aliphatic carbocycles. The first-order valence-corrected chi connectivity index (χ1v) is 8.06. The van der Waals surface area contributed by atoms with Gasteiger partial charge < -0.3 is 10.9 Å². The highest BCUT2D eigenvalue weighted by molar-refractivity contribution is 6.09. The van der Waals surface area contributed by atoms with Crippen LogP contribution in [0.5, 0.6) is 0 Å². The van der Waals surface area contributed by atoms with Gasteiger partial charge in [-0.1, -0.05) is 54.6 Å². The average Bonchev–Trinajstić information content (AvgIpc) is 2.65. The molecule has 4 aromatic rings. The van der Waals surface area contributed by atoms with Gasteiger partial charge in [-0.3, -0.25) is 9.59 Å². The lowest BCUT2D eigenvalue weighted by molar-refractivity contribution is 1.05. The third-order valence-electron chi connectivity index (χ3n) is 4.39. The van der Waals surface area contributed by atoms with Crippen LogP contribution in [0.25, 0.3) is 27.2 Å². The van der Waals surface area contributed by atoms with E-state index in [1.807, 2.05) is 54.6 Å². The summed E-state index contributed by atoms with van der Waals surface area (Å²) in [7, 11) is 0. The number of nitrogens with one attached hydrogen (secondary N) is 2. The summed E-state index contributed by atoms with van der Waals surface area (Å²) in [5, 5.41) is 2.97. The summed E-state index contributed by atoms with van der Waals surface area (Å²) in [6.45, 7) is 1.73. The molecule has 0 atom stereocenters. The standard InChI is InChI=1S/C21H16N2O2/c1-13(22-23-15-9-3-2-4-10-15)18-20(24)16-11-5-7-14-8-6-12-17(19(14)16)21(18)25/h2-12,22-23H,1H3. The molecule has 0 bridgehead atoms. The zero-order valence-electron chi connectivity index (χ0n) is 13.7. The predicted octanol–water partition coefficient (Wildman–Crippen LogP) is 2.61. The Morgan fingerprint density at radius 3 is 1.96 bits per heavy atom. The van der Waals surface area contributed by atoms with Crippen molar-refractivity contribution in [1.82, 2.24) is 5.43 Å². The van der Waals surface area contributed by atoms with E-state index in [9.17, 15) is 9.59 Å². The van der Waals surface area contributed by atoms with Gasteiger partial charge in [0, 0.05) is 21.9 Å². The van der Waals surface area contributed by atoms with Crippen LogP contribution in [0.4, 0.5) is 5.69 Å². The monoisotopic (exact) mass is 328 g/mol. The van der Waals surface area contributed by atoms with Gasteiger partial charge in [0.25, 0.3) is 0 Å². The fraction of sp³-hybridized carbons (Fsp3) is 0.0476. The van der Waals surface area contributed by atoms with Crippen LogP contribution in [0.2, 0.25) is 0 Å². The normalized spacial score (nSPS) is 10.9. The Morgan fingerprint density at radius 2 is 1.36 bits per heavy atom. The van der Waals surface area contributed by atoms with Gasteiger partial charge in [0.2, 0.25) is 0 Å². The van der Waals surface area contributed by atoms with Gasteiger partial charge >= 0.3 is 0 Å². The molecule has 0 radical (unpaired) electrons. The first kappa shape index (κ1) is 15.1. The summed E-state index contributed by atoms with van der Waals surface area (Å²) in [6.07, 6.45) is 0. The Bertz CT molecular complexity index is 1170. The van der Waals surface area contributed by atoms with Crippen LogP contribution >= 0.6 is 0 Å². The Balaban J connectivity index is 1.95. The number of hydrogen-bond acceptors (Lipinski definition) is 4. The number of rotatable bonds is 3. The molecule has 0 saturated carbocycles. The Hall–Kier alpha value is -3.40. The lowest BCUT2D eigenvalue weighted by Gasteiger charge is -2.10. The van der Waals surface area contributed by atoms with E-state index in [4.69, 9.17) is 0 Å². The summed E-state index contributed by atoms with van der Waals surface area (Å²) in [5.74, 6) is 0. The minimum atomic E-state index is -0.242. The van der Waals surface area contributed by atoms with Gasteiger partial charge in [0.1, 0.15) is 0 Å². The molecule has 4 nitrogen and oxygen atoms in total. The van der Waals surface area contributed by atoms with E-state index >= 15 is 0 Å². The van der Waals surface area contributed by atoms with Crippen LogP contribution < -0.4 is 26.9 Å². The van der Waals surface area contributed by atoms with E-state index in [0.717, 1.165) is 16.5 Å². The van der Waals surface area contributed by atoms with E-state index in [0.29, 0.717) is 16.5 Å². The van der Waals surface area contributed by atoms with Gasteiger partial charge in [-0.2, -0.15) is 0 Å². The molecule has 25 heavy (non-hydrogen) atoms. The topological polar surface area (TPSA) is 58.2 Å². The largest absolute Gasteiger partial charge is 0.304 e. The van der Waals surface area contributed by atoms with Gasteiger partial charge in [-0.25, -0.2) is 0 Å². The van der Waals surface area contributed by atoms with Crippen molar-refractivity contribution < 1.29 is 0 Å².